The third-order valence-corrected chi connectivity index (χ3v) is 8.66. The minimum atomic E-state index is -0.212. The monoisotopic (exact) mass is 669 g/mol. The molecule has 0 fully saturated rings. The molecule has 0 radical (unpaired) electrons. The largest absolute Gasteiger partial charge is 0.493 e. The van der Waals surface area contributed by atoms with E-state index in [9.17, 15) is 4.79 Å². The minimum absolute atomic E-state index is 0.212. The van der Waals surface area contributed by atoms with Crippen molar-refractivity contribution in [1.82, 2.24) is 4.98 Å². The van der Waals surface area contributed by atoms with Gasteiger partial charge in [-0.1, -0.05) is 24.3 Å². The summed E-state index contributed by atoms with van der Waals surface area (Å²) < 4.78 is 40.5. The van der Waals surface area contributed by atoms with E-state index < -0.39 is 0 Å². The Bertz CT molecular complexity index is 1820. The molecule has 0 amide bonds. The van der Waals surface area contributed by atoms with E-state index in [1.165, 1.54) is 27.4 Å². The molecule has 250 valence electrons. The maximum atomic E-state index is 13.0. The molecular weight excluding hydrogens is 630 g/mol. The summed E-state index contributed by atoms with van der Waals surface area (Å²) in [6.07, 6.45) is 5.81. The Morgan fingerprint density at radius 1 is 0.667 bits per heavy atom. The minimum Gasteiger partial charge on any atom is -0.493 e. The summed E-state index contributed by atoms with van der Waals surface area (Å²) >= 11 is 1.66. The fourth-order valence-corrected chi connectivity index (χ4v) is 6.03. The van der Waals surface area contributed by atoms with E-state index in [4.69, 9.17) is 38.1 Å². The summed E-state index contributed by atoms with van der Waals surface area (Å²) in [4.78, 5) is 17.8. The Balaban J connectivity index is 1.13. The van der Waals surface area contributed by atoms with Crippen molar-refractivity contribution in [3.63, 3.8) is 0 Å². The van der Waals surface area contributed by atoms with Crippen molar-refractivity contribution in [3.05, 3.63) is 90.0 Å². The quantitative estimate of drug-likeness (QED) is 0.0549. The molecule has 0 bridgehead atoms. The molecule has 0 atom stereocenters. The number of aromatic nitrogens is 1. The van der Waals surface area contributed by atoms with Crippen molar-refractivity contribution in [2.24, 2.45) is 0 Å². The topological polar surface area (TPSA) is 94.6 Å². The number of rotatable bonds is 17. The van der Waals surface area contributed by atoms with Gasteiger partial charge in [-0.25, -0.2) is 4.98 Å². The van der Waals surface area contributed by atoms with E-state index in [2.05, 4.69) is 6.07 Å². The van der Waals surface area contributed by atoms with Crippen molar-refractivity contribution in [1.29, 1.82) is 0 Å². The lowest BCUT2D eigenvalue weighted by Crippen LogP contribution is -2.03. The fourth-order valence-electron chi connectivity index (χ4n) is 5.06. The van der Waals surface area contributed by atoms with Gasteiger partial charge in [0, 0.05) is 11.1 Å². The van der Waals surface area contributed by atoms with Crippen LogP contribution in [0.15, 0.2) is 78.9 Å². The van der Waals surface area contributed by atoms with Crippen molar-refractivity contribution >= 4 is 33.4 Å². The van der Waals surface area contributed by atoms with Crippen molar-refractivity contribution in [2.45, 2.75) is 19.3 Å². The van der Waals surface area contributed by atoms with E-state index in [0.29, 0.717) is 59.0 Å². The molecule has 1 heterocycles. The van der Waals surface area contributed by atoms with E-state index in [1.807, 2.05) is 54.6 Å². The molecule has 0 spiro atoms. The highest BCUT2D eigenvalue weighted by atomic mass is 32.1. The second kappa shape index (κ2) is 16.6. The van der Waals surface area contributed by atoms with E-state index in [0.717, 1.165) is 45.6 Å². The van der Waals surface area contributed by atoms with Crippen molar-refractivity contribution < 1.29 is 38.0 Å². The Morgan fingerprint density at radius 2 is 1.29 bits per heavy atom. The van der Waals surface area contributed by atoms with Gasteiger partial charge in [-0.3, -0.25) is 4.79 Å². The van der Waals surface area contributed by atoms with E-state index in [-0.39, 0.29) is 5.78 Å². The zero-order chi connectivity index (χ0) is 33.9. The second-order valence-electron chi connectivity index (χ2n) is 10.6. The average molecular weight is 670 g/mol. The molecule has 0 aliphatic carbocycles. The van der Waals surface area contributed by atoms with E-state index >= 15 is 0 Å². The number of thiazole rings is 1. The highest BCUT2D eigenvalue weighted by Gasteiger charge is 2.16. The van der Waals surface area contributed by atoms with Gasteiger partial charge < -0.3 is 33.2 Å². The molecule has 4 aromatic carbocycles. The summed E-state index contributed by atoms with van der Waals surface area (Å²) in [5, 5.41) is 0.945. The number of hydrogen-bond acceptors (Lipinski definition) is 10. The predicted molar refractivity (Wildman–Crippen MR) is 189 cm³/mol. The van der Waals surface area contributed by atoms with Crippen LogP contribution in [0.1, 0.15) is 35.2 Å². The molecule has 5 aromatic rings. The summed E-state index contributed by atoms with van der Waals surface area (Å²) in [6, 6.07) is 22.8. The van der Waals surface area contributed by atoms with Crippen LogP contribution in [0.5, 0.6) is 40.2 Å². The molecule has 0 saturated carbocycles. The first-order valence-corrected chi connectivity index (χ1v) is 16.3. The van der Waals surface area contributed by atoms with Gasteiger partial charge in [0.05, 0.1) is 59.0 Å². The van der Waals surface area contributed by atoms with E-state index in [1.54, 1.807) is 43.8 Å². The molecule has 48 heavy (non-hydrogen) atoms. The number of hydrogen-bond donors (Lipinski definition) is 0. The third kappa shape index (κ3) is 8.19. The second-order valence-corrected chi connectivity index (χ2v) is 11.7. The van der Waals surface area contributed by atoms with Crippen LogP contribution in [0, 0.1) is 0 Å². The number of carbonyl (C=O) groups is 1. The smallest absolute Gasteiger partial charge is 0.203 e. The first-order valence-electron chi connectivity index (χ1n) is 15.5. The van der Waals surface area contributed by atoms with Gasteiger partial charge in [0.1, 0.15) is 5.01 Å². The number of fused-ring (bicyclic) bond motifs is 1. The number of carbonyl (C=O) groups excluding carboxylic acids is 1. The molecular formula is C38H39NO8S. The highest BCUT2D eigenvalue weighted by molar-refractivity contribution is 7.21. The molecule has 10 heteroatoms. The number of para-hydroxylation sites is 1. The maximum Gasteiger partial charge on any atom is 0.203 e. The van der Waals surface area contributed by atoms with Crippen LogP contribution in [-0.4, -0.2) is 59.5 Å². The molecule has 0 saturated heterocycles. The van der Waals surface area contributed by atoms with Crippen molar-refractivity contribution in [3.8, 4) is 50.8 Å². The average Bonchev–Trinajstić information content (AvgIpc) is 3.57. The van der Waals surface area contributed by atoms with Crippen LogP contribution in [-0.2, 0) is 0 Å². The summed E-state index contributed by atoms with van der Waals surface area (Å²) in [6.45, 7) is 1.05. The van der Waals surface area contributed by atoms with Crippen LogP contribution >= 0.6 is 11.3 Å². The predicted octanol–water partition coefficient (Wildman–Crippen LogP) is 8.53. The highest BCUT2D eigenvalue weighted by Crippen LogP contribution is 2.39. The number of ketones is 1. The fraction of sp³-hybridized carbons (Fsp3) is 0.263. The van der Waals surface area contributed by atoms with Crippen LogP contribution in [0.25, 0.3) is 26.9 Å². The van der Waals surface area contributed by atoms with Gasteiger partial charge in [0.25, 0.3) is 0 Å². The number of methoxy groups -OCH3 is 5. The molecule has 0 aliphatic heterocycles. The lowest BCUT2D eigenvalue weighted by molar-refractivity contribution is 0.104. The molecule has 1 aromatic heterocycles. The number of benzene rings is 4. The van der Waals surface area contributed by atoms with Gasteiger partial charge in [0.2, 0.25) is 5.75 Å². The normalized spacial score (nSPS) is 11.0. The zero-order valence-corrected chi connectivity index (χ0v) is 28.6. The Labute approximate surface area is 284 Å². The van der Waals surface area contributed by atoms with Crippen LogP contribution in [0.4, 0.5) is 0 Å². The Hall–Kier alpha value is -5.22. The lowest BCUT2D eigenvalue weighted by atomic mass is 10.1. The van der Waals surface area contributed by atoms with Gasteiger partial charge >= 0.3 is 0 Å². The molecule has 9 nitrogen and oxygen atoms in total. The van der Waals surface area contributed by atoms with Gasteiger partial charge in [-0.15, -0.1) is 11.3 Å². The van der Waals surface area contributed by atoms with Crippen LogP contribution in [0.3, 0.4) is 0 Å². The van der Waals surface area contributed by atoms with Crippen molar-refractivity contribution in [2.75, 3.05) is 48.8 Å². The number of nitrogens with zero attached hydrogens (tertiary/aromatic N) is 1. The van der Waals surface area contributed by atoms with Crippen LogP contribution < -0.4 is 33.2 Å². The summed E-state index contributed by atoms with van der Waals surface area (Å²) in [5.74, 6) is 3.65. The molecule has 5 rings (SSSR count). The summed E-state index contributed by atoms with van der Waals surface area (Å²) in [7, 11) is 7.78. The van der Waals surface area contributed by atoms with Gasteiger partial charge in [0.15, 0.2) is 40.3 Å². The van der Waals surface area contributed by atoms with Crippen LogP contribution in [0.2, 0.25) is 0 Å². The zero-order valence-electron chi connectivity index (χ0n) is 27.7. The standard InChI is InChI=1S/C38H39NO8S/c1-41-30-17-14-25(13-16-29(40)27-23-34(43-3)37(45-5)35(24-27)44-4)21-32(30)46-19-9-6-10-20-47-33-22-26(15-18-31(33)42-2)38-39-28-11-7-8-12-36(28)48-38/h7-8,11-18,21-24H,6,9-10,19-20H2,1-5H3. The number of unbranched alkanes of at least 4 members (excludes halogenated alkanes) is 2. The van der Waals surface area contributed by atoms with Gasteiger partial charge in [-0.2, -0.15) is 0 Å². The first-order chi connectivity index (χ1) is 23.5. The number of ether oxygens (including phenoxy) is 7. The summed E-state index contributed by atoms with van der Waals surface area (Å²) in [5.41, 5.74) is 3.19. The first kappa shape index (κ1) is 34.1. The Kier molecular flexibility index (Phi) is 11.8. The maximum absolute atomic E-state index is 13.0. The number of allylic oxidation sites excluding steroid dienone is 1. The molecule has 0 aliphatic rings. The lowest BCUT2D eigenvalue weighted by Gasteiger charge is -2.13. The van der Waals surface area contributed by atoms with Gasteiger partial charge in [-0.05, 0) is 85.5 Å². The third-order valence-electron chi connectivity index (χ3n) is 7.57. The molecule has 0 N–H and O–H groups in total. The molecule has 0 unspecified atom stereocenters. The SMILES string of the molecule is COc1ccc(C=CC(=O)c2cc(OC)c(OC)c(OC)c2)cc1OCCCCCOc1cc(-c2nc3ccccc3s2)ccc1OC. The Morgan fingerprint density at radius 3 is 1.92 bits per heavy atom.